The van der Waals surface area contributed by atoms with Crippen LogP contribution in [-0.2, 0) is 0 Å². The Labute approximate surface area is 95.6 Å². The van der Waals surface area contributed by atoms with Gasteiger partial charge in [-0.05, 0) is 6.50 Å². The lowest BCUT2D eigenvalue weighted by atomic mass is 10.8. The van der Waals surface area contributed by atoms with E-state index in [1.165, 1.54) is 0 Å². The van der Waals surface area contributed by atoms with Gasteiger partial charge < -0.3 is 0 Å². The van der Waals surface area contributed by atoms with E-state index in [1.807, 2.05) is 0 Å². The molecule has 0 aromatic heterocycles. The normalized spacial score (nSPS) is 15.8. The van der Waals surface area contributed by atoms with E-state index in [2.05, 4.69) is 58.9 Å². The molecule has 0 heterocycles. The van der Waals surface area contributed by atoms with Gasteiger partial charge in [0.1, 0.15) is 0 Å². The molecular formula is C9H27BSi4. The Morgan fingerprint density at radius 3 is 0.643 bits per heavy atom. The van der Waals surface area contributed by atoms with Crippen molar-refractivity contribution in [3.63, 3.8) is 0 Å². The Morgan fingerprint density at radius 2 is 0.643 bits per heavy atom. The summed E-state index contributed by atoms with van der Waals surface area (Å²) in [6.07, 6.45) is 0. The van der Waals surface area contributed by atoms with Crippen molar-refractivity contribution in [3.05, 3.63) is 0 Å². The van der Waals surface area contributed by atoms with Crippen molar-refractivity contribution in [2.75, 3.05) is 0 Å². The molecule has 5 heteroatoms. The van der Waals surface area contributed by atoms with E-state index in [0.29, 0.717) is 0 Å². The van der Waals surface area contributed by atoms with Crippen LogP contribution in [0.25, 0.3) is 0 Å². The first-order chi connectivity index (χ1) is 5.75. The highest BCUT2D eigenvalue weighted by Gasteiger charge is 2.56. The van der Waals surface area contributed by atoms with Crippen LogP contribution in [0.3, 0.4) is 0 Å². The second kappa shape index (κ2) is 3.75. The third-order valence-corrected chi connectivity index (χ3v) is 72.4. The highest BCUT2D eigenvalue weighted by atomic mass is 29.9. The summed E-state index contributed by atoms with van der Waals surface area (Å²) in [6, 6.07) is 0. The Balaban J connectivity index is 5.54. The average molecular weight is 258 g/mol. The van der Waals surface area contributed by atoms with Crippen LogP contribution in [0.1, 0.15) is 0 Å². The second-order valence-corrected chi connectivity index (χ2v) is 47.8. The predicted octanol–water partition coefficient (Wildman–Crippen LogP) is 3.35. The molecule has 82 valence electrons. The van der Waals surface area contributed by atoms with E-state index in [1.54, 1.807) is 0 Å². The summed E-state index contributed by atoms with van der Waals surface area (Å²) in [7, 11) is 3.63. The molecule has 0 aliphatic heterocycles. The van der Waals surface area contributed by atoms with Crippen molar-refractivity contribution < 1.29 is 0 Å². The molecule has 0 saturated carbocycles. The zero-order valence-electron chi connectivity index (χ0n) is 11.6. The first-order valence-electron chi connectivity index (χ1n) is 5.54. The third kappa shape index (κ3) is 2.36. The molecule has 0 unspecified atom stereocenters. The zero-order valence-corrected chi connectivity index (χ0v) is 15.6. The molecule has 0 aliphatic carbocycles. The van der Waals surface area contributed by atoms with Gasteiger partial charge >= 0.3 is 0 Å². The third-order valence-electron chi connectivity index (χ3n) is 3.55. The molecule has 0 rings (SSSR count). The molecule has 14 heavy (non-hydrogen) atoms. The molecule has 0 aromatic rings. The average Bonchev–Trinajstić information content (AvgIpc) is 1.77. The lowest BCUT2D eigenvalue weighted by molar-refractivity contribution is 1.76. The van der Waals surface area contributed by atoms with E-state index < -0.39 is 29.3 Å². The molecule has 0 aromatic carbocycles. The van der Waals surface area contributed by atoms with Gasteiger partial charge in [0.15, 0.2) is 0 Å². The minimum atomic E-state index is -1.44. The summed E-state index contributed by atoms with van der Waals surface area (Å²) in [4.78, 5) is 0. The van der Waals surface area contributed by atoms with Crippen molar-refractivity contribution in [1.29, 1.82) is 0 Å². The van der Waals surface area contributed by atoms with Gasteiger partial charge in [0, 0.05) is 30.2 Å². The predicted molar refractivity (Wildman–Crippen MR) is 81.5 cm³/mol. The molecule has 0 fully saturated rings. The lowest BCUT2D eigenvalue weighted by Crippen LogP contribution is -2.83. The fourth-order valence-electron chi connectivity index (χ4n) is 3.38. The van der Waals surface area contributed by atoms with E-state index in [0.717, 1.165) is 0 Å². The minimum Gasteiger partial charge on any atom is -0.0724 e. The summed E-state index contributed by atoms with van der Waals surface area (Å²) in [5.41, 5.74) is 0. The quantitative estimate of drug-likeness (QED) is 0.681. The highest BCUT2D eigenvalue weighted by molar-refractivity contribution is 8.00. The molecule has 0 bridgehead atoms. The van der Waals surface area contributed by atoms with Crippen molar-refractivity contribution >= 4 is 36.7 Å². The maximum absolute atomic E-state index is 7.05. The summed E-state index contributed by atoms with van der Waals surface area (Å²) in [6.45, 7) is 21.1. The molecule has 0 aliphatic rings. The fraction of sp³-hybridized carbons (Fsp3) is 1.00. The Bertz CT molecular complexity index is 170. The second-order valence-electron chi connectivity index (χ2n) is 7.56. The maximum atomic E-state index is 7.05. The van der Waals surface area contributed by atoms with Gasteiger partial charge in [0.25, 0.3) is 0 Å². The largest absolute Gasteiger partial charge is 0.0724 e. The Kier molecular flexibility index (Phi) is 4.00. The van der Waals surface area contributed by atoms with Crippen molar-refractivity contribution in [2.24, 2.45) is 0 Å². The van der Waals surface area contributed by atoms with Crippen LogP contribution in [0, 0.1) is 0 Å². The molecule has 0 spiro atoms. The fourth-order valence-corrected chi connectivity index (χ4v) is 91.1. The van der Waals surface area contributed by atoms with Gasteiger partial charge in [-0.15, -0.1) is 0 Å². The van der Waals surface area contributed by atoms with Crippen molar-refractivity contribution in [2.45, 2.75) is 58.9 Å². The molecular weight excluding hydrogens is 231 g/mol. The van der Waals surface area contributed by atoms with Gasteiger partial charge in [-0.3, -0.25) is 0 Å². The molecule has 0 saturated heterocycles. The van der Waals surface area contributed by atoms with Crippen LogP contribution in [-0.4, -0.2) is 36.7 Å². The zero-order chi connectivity index (χ0) is 12.0. The molecule has 0 atom stereocenters. The molecule has 0 amide bonds. The van der Waals surface area contributed by atoms with E-state index in [4.69, 9.17) is 7.44 Å². The van der Waals surface area contributed by atoms with Crippen molar-refractivity contribution in [3.8, 4) is 0 Å². The van der Waals surface area contributed by atoms with Gasteiger partial charge in [-0.25, -0.2) is 0 Å². The number of hydrogen-bond acceptors (Lipinski definition) is 0. The Morgan fingerprint density at radius 1 is 0.500 bits per heavy atom. The summed E-state index contributed by atoms with van der Waals surface area (Å²) < 4.78 is 0. The van der Waals surface area contributed by atoms with Crippen LogP contribution in [0.2, 0.25) is 58.9 Å². The molecule has 0 N–H and O–H groups in total. The maximum Gasteiger partial charge on any atom is 0.0482 e. The SMILES string of the molecule is [B][Si]([Si](C)(C)C)([Si](C)(C)C)[Si](C)(C)C. The van der Waals surface area contributed by atoms with Crippen LogP contribution in [0.5, 0.6) is 0 Å². The van der Waals surface area contributed by atoms with Gasteiger partial charge in [0.2, 0.25) is 0 Å². The number of hydrogen-bond donors (Lipinski definition) is 0. The number of rotatable bonds is 3. The van der Waals surface area contributed by atoms with Crippen LogP contribution < -0.4 is 0 Å². The van der Waals surface area contributed by atoms with Gasteiger partial charge in [-0.1, -0.05) is 58.9 Å². The first kappa shape index (κ1) is 14.9. The molecule has 0 nitrogen and oxygen atoms in total. The van der Waals surface area contributed by atoms with E-state index >= 15 is 0 Å². The summed E-state index contributed by atoms with van der Waals surface area (Å²) in [5.74, 6) is 0. The van der Waals surface area contributed by atoms with Crippen molar-refractivity contribution in [1.82, 2.24) is 0 Å². The topological polar surface area (TPSA) is 0 Å². The van der Waals surface area contributed by atoms with Crippen LogP contribution in [0.15, 0.2) is 0 Å². The first-order valence-corrected chi connectivity index (χ1v) is 21.1. The summed E-state index contributed by atoms with van der Waals surface area (Å²) >= 11 is 0. The van der Waals surface area contributed by atoms with E-state index in [-0.39, 0.29) is 0 Å². The minimum absolute atomic E-state index is 1.14. The highest BCUT2D eigenvalue weighted by Crippen LogP contribution is 2.33. The lowest BCUT2D eigenvalue weighted by Gasteiger charge is -2.56. The standard InChI is InChI=1S/C9H27BSi4/c1-11(2,3)14(10,12(4,5)6)13(7,8)9/h1-9H3. The summed E-state index contributed by atoms with van der Waals surface area (Å²) in [5, 5.41) is 0. The van der Waals surface area contributed by atoms with E-state index in [9.17, 15) is 0 Å². The van der Waals surface area contributed by atoms with Crippen LogP contribution >= 0.6 is 0 Å². The van der Waals surface area contributed by atoms with Gasteiger partial charge in [-0.2, -0.15) is 0 Å². The monoisotopic (exact) mass is 258 g/mol. The van der Waals surface area contributed by atoms with Gasteiger partial charge in [0.05, 0.1) is 0 Å². The Hall–Kier alpha value is 0.932. The molecule has 2 radical (unpaired) electrons. The van der Waals surface area contributed by atoms with Crippen LogP contribution in [0.4, 0.5) is 0 Å². The smallest absolute Gasteiger partial charge is 0.0482 e.